The van der Waals surface area contributed by atoms with Crippen molar-refractivity contribution in [2.45, 2.75) is 51.9 Å². The minimum absolute atomic E-state index is 0.00427. The van der Waals surface area contributed by atoms with E-state index in [0.29, 0.717) is 28.8 Å². The van der Waals surface area contributed by atoms with Gasteiger partial charge in [0, 0.05) is 18.3 Å². The Bertz CT molecular complexity index is 1330. The van der Waals surface area contributed by atoms with Gasteiger partial charge in [-0.15, -0.1) is 10.2 Å². The van der Waals surface area contributed by atoms with Crippen LogP contribution in [0.5, 0.6) is 0 Å². The highest BCUT2D eigenvalue weighted by molar-refractivity contribution is 7.99. The summed E-state index contributed by atoms with van der Waals surface area (Å²) in [5.74, 6) is 1.18. The molecule has 7 nitrogen and oxygen atoms in total. The van der Waals surface area contributed by atoms with Crippen LogP contribution >= 0.6 is 11.8 Å². The topological polar surface area (TPSA) is 72.5 Å². The summed E-state index contributed by atoms with van der Waals surface area (Å²) in [6.07, 6.45) is 0.863. The number of carbonyl (C=O) groups excluding carboxylic acids is 1. The summed E-state index contributed by atoms with van der Waals surface area (Å²) in [7, 11) is 0. The molecule has 0 aliphatic carbocycles. The first-order chi connectivity index (χ1) is 15.9. The zero-order chi connectivity index (χ0) is 23.5. The molecule has 0 aliphatic rings. The molecule has 0 saturated heterocycles. The number of aromatic nitrogens is 4. The third-order valence-corrected chi connectivity index (χ3v) is 6.47. The summed E-state index contributed by atoms with van der Waals surface area (Å²) in [4.78, 5) is 28.1. The van der Waals surface area contributed by atoms with Gasteiger partial charge in [0.25, 0.3) is 5.56 Å². The quantitative estimate of drug-likeness (QED) is 0.357. The van der Waals surface area contributed by atoms with E-state index in [1.165, 1.54) is 11.8 Å². The number of carbonyl (C=O) groups is 1. The lowest BCUT2D eigenvalue weighted by Gasteiger charge is -2.26. The molecule has 0 spiro atoms. The van der Waals surface area contributed by atoms with Gasteiger partial charge in [0.2, 0.25) is 11.7 Å². The number of thioether (sulfide) groups is 1. The van der Waals surface area contributed by atoms with Crippen molar-refractivity contribution in [3.05, 3.63) is 65.0 Å². The zero-order valence-corrected chi connectivity index (χ0v) is 20.2. The fraction of sp³-hybridized carbons (Fsp3) is 0.360. The number of rotatable bonds is 8. The van der Waals surface area contributed by atoms with Crippen LogP contribution in [0.1, 0.15) is 34.1 Å². The second-order valence-electron chi connectivity index (χ2n) is 8.76. The number of hydrogen-bond donors (Lipinski definition) is 0. The van der Waals surface area contributed by atoms with Crippen molar-refractivity contribution >= 4 is 40.0 Å². The van der Waals surface area contributed by atoms with E-state index >= 15 is 0 Å². The predicted molar refractivity (Wildman–Crippen MR) is 134 cm³/mol. The Morgan fingerprint density at radius 1 is 1.00 bits per heavy atom. The van der Waals surface area contributed by atoms with Crippen LogP contribution in [-0.4, -0.2) is 36.9 Å². The van der Waals surface area contributed by atoms with Gasteiger partial charge in [-0.3, -0.25) is 18.6 Å². The lowest BCUT2D eigenvalue weighted by atomic mass is 10.1. The number of fused-ring (bicyclic) bond motifs is 3. The van der Waals surface area contributed by atoms with E-state index < -0.39 is 0 Å². The first kappa shape index (κ1) is 23.0. The Hall–Kier alpha value is -3.13. The molecule has 0 bridgehead atoms. The Kier molecular flexibility index (Phi) is 6.83. The van der Waals surface area contributed by atoms with Crippen LogP contribution < -0.4 is 10.5 Å². The van der Waals surface area contributed by atoms with E-state index in [2.05, 4.69) is 24.0 Å². The maximum absolute atomic E-state index is 13.2. The standard InChI is InChI=1S/C25H29N5O2S/c1-17(2)14-15-28-23(32)20-12-8-9-13-21(20)30-24(28)26-27-25(30)33-16-22(31)29(18(3)4)19-10-6-5-7-11-19/h5-13,17-18H,14-16H2,1-4H3. The minimum Gasteiger partial charge on any atom is -0.309 e. The van der Waals surface area contributed by atoms with Crippen LogP contribution in [0, 0.1) is 5.92 Å². The van der Waals surface area contributed by atoms with Crippen LogP contribution in [0.3, 0.4) is 0 Å². The molecule has 0 atom stereocenters. The fourth-order valence-corrected chi connectivity index (χ4v) is 4.73. The highest BCUT2D eigenvalue weighted by Gasteiger charge is 2.22. The van der Waals surface area contributed by atoms with Gasteiger partial charge in [0.1, 0.15) is 0 Å². The normalized spacial score (nSPS) is 11.7. The molecule has 4 aromatic rings. The van der Waals surface area contributed by atoms with Crippen molar-refractivity contribution in [1.29, 1.82) is 0 Å². The lowest BCUT2D eigenvalue weighted by Crippen LogP contribution is -2.38. The van der Waals surface area contributed by atoms with Crippen molar-refractivity contribution in [1.82, 2.24) is 19.2 Å². The molecule has 4 rings (SSSR count). The molecule has 0 saturated carbocycles. The molecule has 1 amide bonds. The number of hydrogen-bond acceptors (Lipinski definition) is 5. The average molecular weight is 464 g/mol. The van der Waals surface area contributed by atoms with Gasteiger partial charge in [-0.1, -0.05) is 55.9 Å². The lowest BCUT2D eigenvalue weighted by molar-refractivity contribution is -0.116. The van der Waals surface area contributed by atoms with Crippen LogP contribution in [0.2, 0.25) is 0 Å². The third-order valence-electron chi connectivity index (χ3n) is 5.55. The zero-order valence-electron chi connectivity index (χ0n) is 19.4. The monoisotopic (exact) mass is 463 g/mol. The van der Waals surface area contributed by atoms with E-state index in [0.717, 1.165) is 17.6 Å². The molecule has 0 radical (unpaired) electrons. The highest BCUT2D eigenvalue weighted by Crippen LogP contribution is 2.24. The van der Waals surface area contributed by atoms with Crippen molar-refractivity contribution < 1.29 is 4.79 Å². The summed E-state index contributed by atoms with van der Waals surface area (Å²) in [6, 6.07) is 17.2. The van der Waals surface area contributed by atoms with Gasteiger partial charge < -0.3 is 4.90 Å². The van der Waals surface area contributed by atoms with Gasteiger partial charge >= 0.3 is 0 Å². The van der Waals surface area contributed by atoms with E-state index in [1.54, 1.807) is 9.47 Å². The summed E-state index contributed by atoms with van der Waals surface area (Å²) in [5, 5.41) is 9.94. The number of para-hydroxylation sites is 2. The summed E-state index contributed by atoms with van der Waals surface area (Å²) < 4.78 is 3.60. The first-order valence-corrected chi connectivity index (χ1v) is 12.2. The van der Waals surface area contributed by atoms with E-state index in [-0.39, 0.29) is 23.3 Å². The maximum Gasteiger partial charge on any atom is 0.262 e. The second kappa shape index (κ2) is 9.79. The predicted octanol–water partition coefficient (Wildman–Crippen LogP) is 4.62. The Labute approximate surface area is 197 Å². The number of benzene rings is 2. The van der Waals surface area contributed by atoms with Crippen molar-refractivity contribution in [2.75, 3.05) is 10.7 Å². The molecular weight excluding hydrogens is 434 g/mol. The Morgan fingerprint density at radius 3 is 2.39 bits per heavy atom. The van der Waals surface area contributed by atoms with E-state index in [4.69, 9.17) is 0 Å². The molecule has 0 fully saturated rings. The average Bonchev–Trinajstić information content (AvgIpc) is 3.22. The minimum atomic E-state index is -0.0613. The van der Waals surface area contributed by atoms with Gasteiger partial charge in [-0.2, -0.15) is 0 Å². The van der Waals surface area contributed by atoms with Crippen LogP contribution in [0.15, 0.2) is 64.5 Å². The SMILES string of the molecule is CC(C)CCn1c(=O)c2ccccc2n2c(SCC(=O)N(c3ccccc3)C(C)C)nnc12. The maximum atomic E-state index is 13.2. The number of anilines is 1. The van der Waals surface area contributed by atoms with E-state index in [1.807, 2.05) is 72.8 Å². The largest absolute Gasteiger partial charge is 0.309 e. The smallest absolute Gasteiger partial charge is 0.262 e. The molecule has 0 aliphatic heterocycles. The van der Waals surface area contributed by atoms with Gasteiger partial charge in [0.15, 0.2) is 5.16 Å². The molecular formula is C25H29N5O2S. The summed E-state index contributed by atoms with van der Waals surface area (Å²) >= 11 is 1.34. The summed E-state index contributed by atoms with van der Waals surface area (Å²) in [5.41, 5.74) is 1.56. The van der Waals surface area contributed by atoms with Gasteiger partial charge in [0.05, 0.1) is 16.7 Å². The van der Waals surface area contributed by atoms with Crippen LogP contribution in [-0.2, 0) is 11.3 Å². The molecule has 2 aromatic heterocycles. The molecule has 0 N–H and O–H groups in total. The third kappa shape index (κ3) is 4.66. The molecule has 2 heterocycles. The van der Waals surface area contributed by atoms with Crippen molar-refractivity contribution in [2.24, 2.45) is 5.92 Å². The number of amides is 1. The van der Waals surface area contributed by atoms with Crippen molar-refractivity contribution in [3.63, 3.8) is 0 Å². The van der Waals surface area contributed by atoms with Crippen molar-refractivity contribution in [3.8, 4) is 0 Å². The number of nitrogens with zero attached hydrogens (tertiary/aromatic N) is 5. The van der Waals surface area contributed by atoms with E-state index in [9.17, 15) is 9.59 Å². The molecule has 33 heavy (non-hydrogen) atoms. The molecule has 172 valence electrons. The van der Waals surface area contributed by atoms with Crippen LogP contribution in [0.25, 0.3) is 16.7 Å². The number of aryl methyl sites for hydroxylation is 1. The molecule has 2 aromatic carbocycles. The van der Waals surface area contributed by atoms with Gasteiger partial charge in [-0.05, 0) is 50.5 Å². The van der Waals surface area contributed by atoms with Crippen LogP contribution in [0.4, 0.5) is 5.69 Å². The Morgan fingerprint density at radius 2 is 1.70 bits per heavy atom. The molecule has 0 unspecified atom stereocenters. The fourth-order valence-electron chi connectivity index (χ4n) is 3.93. The first-order valence-electron chi connectivity index (χ1n) is 11.2. The van der Waals surface area contributed by atoms with Gasteiger partial charge in [-0.25, -0.2) is 0 Å². The summed E-state index contributed by atoms with van der Waals surface area (Å²) in [6.45, 7) is 8.84. The Balaban J connectivity index is 1.70. The second-order valence-corrected chi connectivity index (χ2v) is 9.70. The highest BCUT2D eigenvalue weighted by atomic mass is 32.2. The molecule has 8 heteroatoms.